The minimum Gasteiger partial charge on any atom is -0.338 e. The normalized spacial score (nSPS) is 13.2. The highest BCUT2D eigenvalue weighted by Gasteiger charge is 2.31. The summed E-state index contributed by atoms with van der Waals surface area (Å²) in [4.78, 5) is 11.9. The Balaban J connectivity index is 1.55. The fourth-order valence-electron chi connectivity index (χ4n) is 2.56. The van der Waals surface area contributed by atoms with E-state index in [2.05, 4.69) is 20.1 Å². The molecule has 0 saturated carbocycles. The molecule has 5 nitrogen and oxygen atoms in total. The number of H-pyrrole nitrogens is 1. The molecule has 1 unspecified atom stereocenters. The number of aromatic nitrogens is 4. The molecule has 138 valence electrons. The topological polar surface area (TPSA) is 67.6 Å². The van der Waals surface area contributed by atoms with Gasteiger partial charge in [-0.15, -0.1) is 0 Å². The number of aromatic amines is 1. The highest BCUT2D eigenvalue weighted by atomic mass is 32.2. The number of para-hydroxylation sites is 2. The first kappa shape index (κ1) is 17.6. The lowest BCUT2D eigenvalue weighted by Crippen LogP contribution is -2.04. The minimum atomic E-state index is -4.42. The van der Waals surface area contributed by atoms with Crippen LogP contribution in [0.25, 0.3) is 22.4 Å². The van der Waals surface area contributed by atoms with Crippen molar-refractivity contribution in [1.29, 1.82) is 0 Å². The lowest BCUT2D eigenvalue weighted by molar-refractivity contribution is -0.137. The SMILES string of the molecule is CC(Sc1nc2ccccc2[nH]1)c1nc(-c2cccc(C(F)(F)F)c2)no1. The van der Waals surface area contributed by atoms with Crippen LogP contribution in [0.2, 0.25) is 0 Å². The Hall–Kier alpha value is -2.81. The molecule has 0 amide bonds. The van der Waals surface area contributed by atoms with Crippen molar-refractivity contribution in [3.05, 3.63) is 60.0 Å². The summed E-state index contributed by atoms with van der Waals surface area (Å²) in [6, 6.07) is 12.5. The number of imidazole rings is 1. The molecule has 2 heterocycles. The third-order valence-electron chi connectivity index (χ3n) is 3.89. The van der Waals surface area contributed by atoms with Gasteiger partial charge in [-0.05, 0) is 31.2 Å². The number of hydrogen-bond donors (Lipinski definition) is 1. The number of thioether (sulfide) groups is 1. The van der Waals surface area contributed by atoms with Gasteiger partial charge in [0.2, 0.25) is 11.7 Å². The number of nitrogens with zero attached hydrogens (tertiary/aromatic N) is 3. The molecular formula is C18H13F3N4OS. The predicted molar refractivity (Wildman–Crippen MR) is 95.1 cm³/mol. The van der Waals surface area contributed by atoms with Crippen LogP contribution in [0, 0.1) is 0 Å². The van der Waals surface area contributed by atoms with Gasteiger partial charge in [-0.25, -0.2) is 4.98 Å². The van der Waals surface area contributed by atoms with Gasteiger partial charge in [-0.2, -0.15) is 18.2 Å². The number of hydrogen-bond acceptors (Lipinski definition) is 5. The summed E-state index contributed by atoms with van der Waals surface area (Å²) in [7, 11) is 0. The summed E-state index contributed by atoms with van der Waals surface area (Å²) < 4.78 is 43.9. The lowest BCUT2D eigenvalue weighted by Gasteiger charge is -2.06. The summed E-state index contributed by atoms with van der Waals surface area (Å²) in [5.74, 6) is 0.432. The summed E-state index contributed by atoms with van der Waals surface area (Å²) in [6.45, 7) is 1.86. The monoisotopic (exact) mass is 390 g/mol. The van der Waals surface area contributed by atoms with Gasteiger partial charge in [-0.1, -0.05) is 41.2 Å². The molecule has 0 radical (unpaired) electrons. The van der Waals surface area contributed by atoms with Crippen molar-refractivity contribution in [3.63, 3.8) is 0 Å². The molecule has 1 atom stereocenters. The van der Waals surface area contributed by atoms with Gasteiger partial charge in [0.15, 0.2) is 5.16 Å². The highest BCUT2D eigenvalue weighted by molar-refractivity contribution is 7.99. The van der Waals surface area contributed by atoms with E-state index in [1.807, 2.05) is 31.2 Å². The Morgan fingerprint density at radius 3 is 2.67 bits per heavy atom. The molecule has 2 aromatic heterocycles. The van der Waals surface area contributed by atoms with Gasteiger partial charge in [-0.3, -0.25) is 0 Å². The van der Waals surface area contributed by atoms with Crippen LogP contribution in [0.1, 0.15) is 23.6 Å². The van der Waals surface area contributed by atoms with Crippen LogP contribution < -0.4 is 0 Å². The molecule has 0 aliphatic rings. The number of nitrogens with one attached hydrogen (secondary N) is 1. The molecule has 4 aromatic rings. The molecule has 27 heavy (non-hydrogen) atoms. The summed E-state index contributed by atoms with van der Waals surface area (Å²) in [5.41, 5.74) is 1.27. The first-order valence-electron chi connectivity index (χ1n) is 8.03. The molecular weight excluding hydrogens is 377 g/mol. The Morgan fingerprint density at radius 2 is 1.89 bits per heavy atom. The smallest absolute Gasteiger partial charge is 0.338 e. The van der Waals surface area contributed by atoms with E-state index >= 15 is 0 Å². The maximum absolute atomic E-state index is 12.9. The first-order chi connectivity index (χ1) is 12.9. The number of alkyl halides is 3. The molecule has 4 rings (SSSR count). The second-order valence-corrected chi connectivity index (χ2v) is 7.18. The van der Waals surface area contributed by atoms with E-state index in [0.29, 0.717) is 11.0 Å². The van der Waals surface area contributed by atoms with Gasteiger partial charge in [0.05, 0.1) is 21.8 Å². The number of fused-ring (bicyclic) bond motifs is 1. The van der Waals surface area contributed by atoms with E-state index in [4.69, 9.17) is 4.52 Å². The average Bonchev–Trinajstić information content (AvgIpc) is 3.28. The Labute approximate surface area is 156 Å². The largest absolute Gasteiger partial charge is 0.416 e. The van der Waals surface area contributed by atoms with E-state index in [0.717, 1.165) is 23.2 Å². The Morgan fingerprint density at radius 1 is 1.07 bits per heavy atom. The van der Waals surface area contributed by atoms with Crippen LogP contribution in [0.5, 0.6) is 0 Å². The van der Waals surface area contributed by atoms with Gasteiger partial charge in [0.1, 0.15) is 0 Å². The summed E-state index contributed by atoms with van der Waals surface area (Å²) in [5, 5.41) is 4.29. The molecule has 0 saturated heterocycles. The van der Waals surface area contributed by atoms with Crippen molar-refractivity contribution in [2.45, 2.75) is 23.5 Å². The molecule has 0 spiro atoms. The van der Waals surface area contributed by atoms with Gasteiger partial charge >= 0.3 is 6.18 Å². The van der Waals surface area contributed by atoms with Crippen LogP contribution >= 0.6 is 11.8 Å². The number of benzene rings is 2. The van der Waals surface area contributed by atoms with E-state index in [1.54, 1.807) is 0 Å². The van der Waals surface area contributed by atoms with Crippen molar-refractivity contribution in [3.8, 4) is 11.4 Å². The van der Waals surface area contributed by atoms with E-state index < -0.39 is 11.7 Å². The third kappa shape index (κ3) is 3.68. The minimum absolute atomic E-state index is 0.119. The molecule has 9 heteroatoms. The van der Waals surface area contributed by atoms with E-state index in [-0.39, 0.29) is 16.6 Å². The van der Waals surface area contributed by atoms with Crippen LogP contribution in [0.15, 0.2) is 58.2 Å². The fourth-order valence-corrected chi connectivity index (χ4v) is 3.41. The zero-order chi connectivity index (χ0) is 19.0. The van der Waals surface area contributed by atoms with Crippen LogP contribution in [0.3, 0.4) is 0 Å². The molecule has 0 aliphatic heterocycles. The second kappa shape index (κ2) is 6.73. The van der Waals surface area contributed by atoms with Crippen LogP contribution in [-0.4, -0.2) is 20.1 Å². The quantitative estimate of drug-likeness (QED) is 0.467. The van der Waals surface area contributed by atoms with Crippen LogP contribution in [-0.2, 0) is 6.18 Å². The number of halogens is 3. The zero-order valence-corrected chi connectivity index (χ0v) is 14.8. The number of rotatable bonds is 4. The fraction of sp³-hybridized carbons (Fsp3) is 0.167. The summed E-state index contributed by atoms with van der Waals surface area (Å²) in [6.07, 6.45) is -4.42. The van der Waals surface area contributed by atoms with Gasteiger partial charge in [0.25, 0.3) is 0 Å². The van der Waals surface area contributed by atoms with E-state index in [9.17, 15) is 13.2 Å². The van der Waals surface area contributed by atoms with Crippen molar-refractivity contribution < 1.29 is 17.7 Å². The van der Waals surface area contributed by atoms with Gasteiger partial charge < -0.3 is 9.51 Å². The third-order valence-corrected chi connectivity index (χ3v) is 4.87. The molecule has 0 bridgehead atoms. The Kier molecular flexibility index (Phi) is 4.39. The van der Waals surface area contributed by atoms with Crippen molar-refractivity contribution in [1.82, 2.24) is 20.1 Å². The standard InChI is InChI=1S/C18H13F3N4OS/c1-10(27-17-22-13-7-2-3-8-14(13)23-17)16-24-15(25-26-16)11-5-4-6-12(9-11)18(19,20)21/h2-10H,1H3,(H,22,23). The van der Waals surface area contributed by atoms with Crippen molar-refractivity contribution >= 4 is 22.8 Å². The van der Waals surface area contributed by atoms with E-state index in [1.165, 1.54) is 23.9 Å². The molecule has 1 N–H and O–H groups in total. The highest BCUT2D eigenvalue weighted by Crippen LogP contribution is 2.35. The average molecular weight is 390 g/mol. The predicted octanol–water partition coefficient (Wildman–Crippen LogP) is 5.49. The van der Waals surface area contributed by atoms with Crippen LogP contribution in [0.4, 0.5) is 13.2 Å². The molecule has 2 aromatic carbocycles. The van der Waals surface area contributed by atoms with Gasteiger partial charge in [0, 0.05) is 5.56 Å². The zero-order valence-electron chi connectivity index (χ0n) is 14.0. The maximum atomic E-state index is 12.9. The first-order valence-corrected chi connectivity index (χ1v) is 8.91. The maximum Gasteiger partial charge on any atom is 0.416 e. The second-order valence-electron chi connectivity index (χ2n) is 5.85. The van der Waals surface area contributed by atoms with Crippen molar-refractivity contribution in [2.75, 3.05) is 0 Å². The summed E-state index contributed by atoms with van der Waals surface area (Å²) >= 11 is 1.40. The lowest BCUT2D eigenvalue weighted by atomic mass is 10.1. The molecule has 0 fully saturated rings. The Bertz CT molecular complexity index is 1060. The van der Waals surface area contributed by atoms with Crippen molar-refractivity contribution in [2.24, 2.45) is 0 Å². The molecule has 0 aliphatic carbocycles.